The molecule has 1 N–H and O–H groups in total. The Balaban J connectivity index is 1.08. The number of ether oxygens (including phenoxy) is 1. The van der Waals surface area contributed by atoms with Gasteiger partial charge in [0.15, 0.2) is 10.9 Å². The van der Waals surface area contributed by atoms with Crippen LogP contribution >= 0.6 is 11.8 Å². The number of para-hydroxylation sites is 2. The fourth-order valence-corrected chi connectivity index (χ4v) is 5.78. The van der Waals surface area contributed by atoms with Gasteiger partial charge in [0.25, 0.3) is 5.91 Å². The fourth-order valence-electron chi connectivity index (χ4n) is 4.94. The number of Topliss-reactive ketones (excluding diaryl/α,β-unsaturated/α-hetero) is 2. The summed E-state index contributed by atoms with van der Waals surface area (Å²) >= 11 is 1.66. The molecule has 4 aromatic rings. The average Bonchev–Trinajstić information content (AvgIpc) is 3.48. The van der Waals surface area contributed by atoms with Gasteiger partial charge < -0.3 is 14.6 Å². The molecular weight excluding hydrogens is 486 g/mol. The lowest BCUT2D eigenvalue weighted by molar-refractivity contribution is -0.133. The van der Waals surface area contributed by atoms with E-state index >= 15 is 0 Å². The van der Waals surface area contributed by atoms with Crippen molar-refractivity contribution in [3.05, 3.63) is 89.0 Å². The van der Waals surface area contributed by atoms with Crippen molar-refractivity contribution in [2.24, 2.45) is 0 Å². The van der Waals surface area contributed by atoms with Crippen LogP contribution in [-0.4, -0.2) is 38.4 Å². The summed E-state index contributed by atoms with van der Waals surface area (Å²) in [5.41, 5.74) is 5.59. The van der Waals surface area contributed by atoms with Gasteiger partial charge in [0.1, 0.15) is 18.1 Å². The van der Waals surface area contributed by atoms with Gasteiger partial charge in [-0.3, -0.25) is 14.4 Å². The minimum absolute atomic E-state index is 0.0476. The Morgan fingerprint density at radius 3 is 2.59 bits per heavy atom. The van der Waals surface area contributed by atoms with Crippen molar-refractivity contribution < 1.29 is 19.1 Å². The number of benzene rings is 3. The van der Waals surface area contributed by atoms with E-state index in [0.29, 0.717) is 37.3 Å². The molecule has 1 fully saturated rings. The number of carbonyl (C=O) groups excluding carboxylic acids is 3. The number of rotatable bonds is 7. The Morgan fingerprint density at radius 1 is 0.973 bits per heavy atom. The van der Waals surface area contributed by atoms with Crippen molar-refractivity contribution in [3.8, 4) is 5.75 Å². The van der Waals surface area contributed by atoms with E-state index in [-0.39, 0.29) is 23.9 Å². The molecule has 6 rings (SSSR count). The Kier molecular flexibility index (Phi) is 6.26. The first-order chi connectivity index (χ1) is 18.0. The maximum atomic E-state index is 13.0. The number of thioether (sulfide) groups is 1. The summed E-state index contributed by atoms with van der Waals surface area (Å²) in [7, 11) is 0. The number of aromatic nitrogens is 2. The number of aromatic amines is 1. The minimum Gasteiger partial charge on any atom is -0.489 e. The molecule has 0 radical (unpaired) electrons. The maximum Gasteiger partial charge on any atom is 0.255 e. The summed E-state index contributed by atoms with van der Waals surface area (Å²) in [6, 6.07) is 21.2. The van der Waals surface area contributed by atoms with E-state index in [1.807, 2.05) is 42.5 Å². The quantitative estimate of drug-likeness (QED) is 0.275. The number of H-pyrrole nitrogens is 1. The van der Waals surface area contributed by atoms with Crippen molar-refractivity contribution in [2.45, 2.75) is 49.4 Å². The molecule has 0 saturated heterocycles. The Labute approximate surface area is 218 Å². The third-order valence-corrected chi connectivity index (χ3v) is 7.87. The molecule has 7 nitrogen and oxygen atoms in total. The van der Waals surface area contributed by atoms with E-state index in [4.69, 9.17) is 4.74 Å². The third-order valence-electron chi connectivity index (χ3n) is 6.93. The molecule has 1 amide bonds. The predicted octanol–water partition coefficient (Wildman–Crippen LogP) is 5.08. The lowest BCUT2D eigenvalue weighted by Gasteiger charge is -2.29. The highest BCUT2D eigenvalue weighted by atomic mass is 32.2. The largest absolute Gasteiger partial charge is 0.489 e. The van der Waals surface area contributed by atoms with Gasteiger partial charge >= 0.3 is 0 Å². The number of imidazole rings is 1. The molecule has 1 unspecified atom stereocenters. The molecule has 1 atom stereocenters. The van der Waals surface area contributed by atoms with Gasteiger partial charge in [0, 0.05) is 23.3 Å². The van der Waals surface area contributed by atoms with Crippen LogP contribution in [0, 0.1) is 0 Å². The van der Waals surface area contributed by atoms with Gasteiger partial charge in [-0.15, -0.1) is 0 Å². The molecule has 2 aliphatic rings. The lowest BCUT2D eigenvalue weighted by Crippen LogP contribution is -2.44. The molecule has 186 valence electrons. The first kappa shape index (κ1) is 23.5. The maximum absolute atomic E-state index is 13.0. The van der Waals surface area contributed by atoms with E-state index in [9.17, 15) is 14.4 Å². The number of nitrogens with one attached hydrogen (secondary N) is 1. The zero-order valence-corrected chi connectivity index (χ0v) is 20.9. The van der Waals surface area contributed by atoms with Crippen molar-refractivity contribution in [1.29, 1.82) is 0 Å². The van der Waals surface area contributed by atoms with Crippen molar-refractivity contribution in [1.82, 2.24) is 14.9 Å². The van der Waals surface area contributed by atoms with Crippen LogP contribution in [0.5, 0.6) is 5.75 Å². The van der Waals surface area contributed by atoms with Gasteiger partial charge in [0.2, 0.25) is 0 Å². The van der Waals surface area contributed by atoms with E-state index in [2.05, 4.69) is 22.1 Å². The average molecular weight is 512 g/mol. The second-order valence-electron chi connectivity index (χ2n) is 9.40. The highest BCUT2D eigenvalue weighted by Crippen LogP contribution is 2.34. The van der Waals surface area contributed by atoms with Crippen LogP contribution in [0.4, 0.5) is 0 Å². The second-order valence-corrected chi connectivity index (χ2v) is 10.4. The number of fused-ring (bicyclic) bond motifs is 2. The fraction of sp³-hybridized carbons (Fsp3) is 0.241. The van der Waals surface area contributed by atoms with Gasteiger partial charge in [-0.05, 0) is 41.8 Å². The SMILES string of the molecule is O=C1CCC(N2Cc3c(OCc4ccc(CSc5nc6ccccc6[nH]5)cc4)cccc3C2=O)C(=O)C1. The summed E-state index contributed by atoms with van der Waals surface area (Å²) in [6.45, 7) is 0.700. The molecule has 37 heavy (non-hydrogen) atoms. The zero-order chi connectivity index (χ0) is 25.4. The predicted molar refractivity (Wildman–Crippen MR) is 140 cm³/mol. The van der Waals surface area contributed by atoms with Crippen LogP contribution in [-0.2, 0) is 28.5 Å². The van der Waals surface area contributed by atoms with Crippen LogP contribution in [0.3, 0.4) is 0 Å². The Bertz CT molecular complexity index is 1480. The van der Waals surface area contributed by atoms with E-state index < -0.39 is 6.04 Å². The monoisotopic (exact) mass is 511 g/mol. The van der Waals surface area contributed by atoms with E-state index in [0.717, 1.165) is 33.1 Å². The summed E-state index contributed by atoms with van der Waals surface area (Å²) in [4.78, 5) is 46.6. The first-order valence-corrected chi connectivity index (χ1v) is 13.3. The number of amides is 1. The highest BCUT2D eigenvalue weighted by molar-refractivity contribution is 7.98. The second kappa shape index (κ2) is 9.86. The number of hydrogen-bond donors (Lipinski definition) is 1. The number of hydrogen-bond acceptors (Lipinski definition) is 6. The van der Waals surface area contributed by atoms with Crippen LogP contribution < -0.4 is 4.74 Å². The normalized spacial score (nSPS) is 17.5. The van der Waals surface area contributed by atoms with Crippen LogP contribution in [0.1, 0.15) is 46.3 Å². The molecule has 2 heterocycles. The summed E-state index contributed by atoms with van der Waals surface area (Å²) in [5, 5.41) is 0.900. The number of carbonyl (C=O) groups is 3. The number of ketones is 2. The smallest absolute Gasteiger partial charge is 0.255 e. The molecule has 1 aliphatic heterocycles. The van der Waals surface area contributed by atoms with Crippen molar-refractivity contribution in [3.63, 3.8) is 0 Å². The molecule has 1 aliphatic carbocycles. The van der Waals surface area contributed by atoms with Crippen LogP contribution in [0.15, 0.2) is 71.9 Å². The highest BCUT2D eigenvalue weighted by Gasteiger charge is 2.39. The summed E-state index contributed by atoms with van der Waals surface area (Å²) < 4.78 is 6.13. The summed E-state index contributed by atoms with van der Waals surface area (Å²) in [6.07, 6.45) is 0.655. The Morgan fingerprint density at radius 2 is 1.78 bits per heavy atom. The van der Waals surface area contributed by atoms with Gasteiger partial charge in [-0.1, -0.05) is 54.2 Å². The molecule has 1 saturated carbocycles. The van der Waals surface area contributed by atoms with Crippen LogP contribution in [0.25, 0.3) is 11.0 Å². The lowest BCUT2D eigenvalue weighted by atomic mass is 9.92. The minimum atomic E-state index is -0.532. The molecule has 1 aromatic heterocycles. The van der Waals surface area contributed by atoms with Crippen molar-refractivity contribution >= 4 is 40.3 Å². The Hall–Kier alpha value is -3.91. The number of nitrogens with zero attached hydrogens (tertiary/aromatic N) is 2. The molecule has 0 spiro atoms. The van der Waals surface area contributed by atoms with E-state index in [1.165, 1.54) is 5.56 Å². The van der Waals surface area contributed by atoms with Crippen molar-refractivity contribution in [2.75, 3.05) is 0 Å². The van der Waals surface area contributed by atoms with Gasteiger partial charge in [-0.2, -0.15) is 0 Å². The topological polar surface area (TPSA) is 92.4 Å². The molecule has 8 heteroatoms. The summed E-state index contributed by atoms with van der Waals surface area (Å²) in [5.74, 6) is 1.07. The third kappa shape index (κ3) is 4.76. The van der Waals surface area contributed by atoms with Gasteiger partial charge in [0.05, 0.1) is 30.0 Å². The molecular formula is C29H25N3O4S. The van der Waals surface area contributed by atoms with Crippen LogP contribution in [0.2, 0.25) is 0 Å². The van der Waals surface area contributed by atoms with Gasteiger partial charge in [-0.25, -0.2) is 4.98 Å². The first-order valence-electron chi connectivity index (χ1n) is 12.3. The zero-order valence-electron chi connectivity index (χ0n) is 20.1. The molecule has 0 bridgehead atoms. The standard InChI is InChI=1S/C29H25N3O4S/c33-20-12-13-25(26(34)14-20)32-15-22-21(28(32)35)4-3-7-27(22)36-16-18-8-10-19(11-9-18)17-37-29-30-23-5-1-2-6-24(23)31-29/h1-11,25H,12-17H2,(H,30,31). The van der Waals surface area contributed by atoms with E-state index in [1.54, 1.807) is 28.8 Å². The molecule has 3 aromatic carbocycles.